The second kappa shape index (κ2) is 6.40. The lowest BCUT2D eigenvalue weighted by Crippen LogP contribution is -2.41. The van der Waals surface area contributed by atoms with Crippen LogP contribution in [0.15, 0.2) is 30.3 Å². The van der Waals surface area contributed by atoms with Gasteiger partial charge in [0.05, 0.1) is 5.60 Å². The minimum atomic E-state index is -0.547. The van der Waals surface area contributed by atoms with E-state index in [2.05, 4.69) is 5.48 Å². The quantitative estimate of drug-likeness (QED) is 0.818. The van der Waals surface area contributed by atoms with Gasteiger partial charge < -0.3 is 4.74 Å². The minimum absolute atomic E-state index is 0.267. The molecule has 4 nitrogen and oxygen atoms in total. The normalized spacial score (nSPS) is 12.9. The van der Waals surface area contributed by atoms with Crippen molar-refractivity contribution in [3.05, 3.63) is 30.3 Å². The van der Waals surface area contributed by atoms with E-state index in [1.807, 2.05) is 58.0 Å². The summed E-state index contributed by atoms with van der Waals surface area (Å²) in [6.45, 7) is 7.50. The van der Waals surface area contributed by atoms with Gasteiger partial charge in [-0.25, -0.2) is 5.48 Å². The molecule has 100 valence electrons. The molecule has 0 spiro atoms. The fourth-order valence-electron chi connectivity index (χ4n) is 1.25. The molecule has 0 aliphatic heterocycles. The van der Waals surface area contributed by atoms with Gasteiger partial charge >= 0.3 is 0 Å². The Bertz CT molecular complexity index is 370. The first-order chi connectivity index (χ1) is 8.42. The van der Waals surface area contributed by atoms with E-state index in [-0.39, 0.29) is 5.91 Å². The van der Waals surface area contributed by atoms with E-state index < -0.39 is 11.7 Å². The molecule has 1 rings (SSSR count). The first kappa shape index (κ1) is 14.5. The molecule has 1 aromatic carbocycles. The third-order valence-corrected chi connectivity index (χ3v) is 2.14. The molecule has 0 aliphatic carbocycles. The van der Waals surface area contributed by atoms with Crippen molar-refractivity contribution >= 4 is 5.91 Å². The SMILES string of the molecule is CCC(Oc1ccccc1)C(=O)NOC(C)(C)C. The molecule has 18 heavy (non-hydrogen) atoms. The highest BCUT2D eigenvalue weighted by Gasteiger charge is 2.21. The van der Waals surface area contributed by atoms with Gasteiger partial charge in [-0.05, 0) is 39.3 Å². The fraction of sp³-hybridized carbons (Fsp3) is 0.500. The number of nitrogens with one attached hydrogen (secondary N) is 1. The number of carbonyl (C=O) groups excluding carboxylic acids is 1. The highest BCUT2D eigenvalue weighted by atomic mass is 16.7. The fourth-order valence-corrected chi connectivity index (χ4v) is 1.25. The minimum Gasteiger partial charge on any atom is -0.481 e. The maximum atomic E-state index is 11.9. The third-order valence-electron chi connectivity index (χ3n) is 2.14. The predicted molar refractivity (Wildman–Crippen MR) is 70.1 cm³/mol. The lowest BCUT2D eigenvalue weighted by atomic mass is 10.2. The number of hydrogen-bond acceptors (Lipinski definition) is 3. The Balaban J connectivity index is 2.53. The average molecular weight is 251 g/mol. The van der Waals surface area contributed by atoms with Gasteiger partial charge in [0.1, 0.15) is 5.75 Å². The van der Waals surface area contributed by atoms with E-state index in [1.54, 1.807) is 0 Å². The van der Waals surface area contributed by atoms with Gasteiger partial charge in [0.25, 0.3) is 5.91 Å². The van der Waals surface area contributed by atoms with Crippen molar-refractivity contribution in [3.63, 3.8) is 0 Å². The molecule has 1 aromatic rings. The molecule has 0 saturated carbocycles. The molecule has 0 bridgehead atoms. The van der Waals surface area contributed by atoms with E-state index in [4.69, 9.17) is 9.57 Å². The van der Waals surface area contributed by atoms with E-state index >= 15 is 0 Å². The van der Waals surface area contributed by atoms with Crippen LogP contribution in [0.4, 0.5) is 0 Å². The lowest BCUT2D eigenvalue weighted by molar-refractivity contribution is -0.152. The summed E-state index contributed by atoms with van der Waals surface area (Å²) >= 11 is 0. The van der Waals surface area contributed by atoms with Crippen LogP contribution in [0.2, 0.25) is 0 Å². The zero-order valence-electron chi connectivity index (χ0n) is 11.4. The van der Waals surface area contributed by atoms with Gasteiger partial charge in [0.15, 0.2) is 6.10 Å². The topological polar surface area (TPSA) is 47.6 Å². The van der Waals surface area contributed by atoms with Crippen molar-refractivity contribution in [2.45, 2.75) is 45.8 Å². The van der Waals surface area contributed by atoms with Crippen molar-refractivity contribution in [2.24, 2.45) is 0 Å². The highest BCUT2D eigenvalue weighted by Crippen LogP contribution is 2.13. The second-order valence-corrected chi connectivity index (χ2v) is 5.01. The summed E-state index contributed by atoms with van der Waals surface area (Å²) in [6, 6.07) is 9.27. The van der Waals surface area contributed by atoms with Crippen molar-refractivity contribution in [3.8, 4) is 5.75 Å². The molecule has 4 heteroatoms. The van der Waals surface area contributed by atoms with Gasteiger partial charge in [-0.1, -0.05) is 25.1 Å². The van der Waals surface area contributed by atoms with Crippen LogP contribution in [0.1, 0.15) is 34.1 Å². The second-order valence-electron chi connectivity index (χ2n) is 5.01. The van der Waals surface area contributed by atoms with Gasteiger partial charge in [-0.15, -0.1) is 0 Å². The molecular weight excluding hydrogens is 230 g/mol. The number of ether oxygens (including phenoxy) is 1. The maximum Gasteiger partial charge on any atom is 0.284 e. The number of hydroxylamine groups is 1. The third kappa shape index (κ3) is 5.19. The Labute approximate surface area is 108 Å². The van der Waals surface area contributed by atoms with Gasteiger partial charge in [0, 0.05) is 0 Å². The van der Waals surface area contributed by atoms with Crippen molar-refractivity contribution in [1.29, 1.82) is 0 Å². The standard InChI is InChI=1S/C14H21NO3/c1-5-12(13(16)15-18-14(2,3)4)17-11-9-7-6-8-10-11/h6-10,12H,5H2,1-4H3,(H,15,16). The zero-order valence-corrected chi connectivity index (χ0v) is 11.4. The van der Waals surface area contributed by atoms with Crippen LogP contribution in [0, 0.1) is 0 Å². The van der Waals surface area contributed by atoms with Crippen LogP contribution < -0.4 is 10.2 Å². The Morgan fingerprint density at radius 3 is 2.39 bits per heavy atom. The van der Waals surface area contributed by atoms with Crippen LogP contribution >= 0.6 is 0 Å². The van der Waals surface area contributed by atoms with Gasteiger partial charge in [0.2, 0.25) is 0 Å². The van der Waals surface area contributed by atoms with E-state index in [9.17, 15) is 4.79 Å². The maximum absolute atomic E-state index is 11.9. The summed E-state index contributed by atoms with van der Waals surface area (Å²) < 4.78 is 5.60. The molecule has 0 aliphatic rings. The number of rotatable bonds is 5. The number of carbonyl (C=O) groups is 1. The van der Waals surface area contributed by atoms with Crippen molar-refractivity contribution in [2.75, 3.05) is 0 Å². The molecule has 1 atom stereocenters. The molecule has 0 radical (unpaired) electrons. The number of benzene rings is 1. The van der Waals surface area contributed by atoms with Crippen molar-refractivity contribution in [1.82, 2.24) is 5.48 Å². The molecule has 0 aromatic heterocycles. The predicted octanol–water partition coefficient (Wildman–Crippen LogP) is 2.69. The van der Waals surface area contributed by atoms with Gasteiger partial charge in [-0.2, -0.15) is 0 Å². The van der Waals surface area contributed by atoms with Gasteiger partial charge in [-0.3, -0.25) is 9.63 Å². The Morgan fingerprint density at radius 2 is 1.89 bits per heavy atom. The number of hydrogen-bond donors (Lipinski definition) is 1. The Kier molecular flexibility index (Phi) is 5.16. The molecule has 1 amide bonds. The van der Waals surface area contributed by atoms with Crippen LogP contribution in [-0.2, 0) is 9.63 Å². The largest absolute Gasteiger partial charge is 0.481 e. The van der Waals surface area contributed by atoms with E-state index in [0.29, 0.717) is 12.2 Å². The first-order valence-corrected chi connectivity index (χ1v) is 6.12. The summed E-state index contributed by atoms with van der Waals surface area (Å²) in [5.41, 5.74) is 2.01. The molecule has 1 unspecified atom stereocenters. The highest BCUT2D eigenvalue weighted by molar-refractivity contribution is 5.80. The average Bonchev–Trinajstić information content (AvgIpc) is 2.33. The molecular formula is C14H21NO3. The van der Waals surface area contributed by atoms with Crippen LogP contribution in [0.25, 0.3) is 0 Å². The van der Waals surface area contributed by atoms with E-state index in [1.165, 1.54) is 0 Å². The van der Waals surface area contributed by atoms with Crippen molar-refractivity contribution < 1.29 is 14.4 Å². The summed E-state index contributed by atoms with van der Waals surface area (Å²) in [6.07, 6.45) is 0.0311. The van der Waals surface area contributed by atoms with Crippen LogP contribution in [0.5, 0.6) is 5.75 Å². The first-order valence-electron chi connectivity index (χ1n) is 6.12. The molecule has 0 heterocycles. The Morgan fingerprint density at radius 1 is 1.28 bits per heavy atom. The Hall–Kier alpha value is -1.55. The summed E-state index contributed by atoms with van der Waals surface area (Å²) in [4.78, 5) is 17.1. The number of amides is 1. The summed E-state index contributed by atoms with van der Waals surface area (Å²) in [5, 5.41) is 0. The van der Waals surface area contributed by atoms with Crippen LogP contribution in [0.3, 0.4) is 0 Å². The summed E-state index contributed by atoms with van der Waals surface area (Å²) in [7, 11) is 0. The zero-order chi connectivity index (χ0) is 13.6. The smallest absolute Gasteiger partial charge is 0.284 e. The molecule has 1 N–H and O–H groups in total. The number of para-hydroxylation sites is 1. The lowest BCUT2D eigenvalue weighted by Gasteiger charge is -2.22. The van der Waals surface area contributed by atoms with E-state index in [0.717, 1.165) is 0 Å². The molecule has 0 saturated heterocycles. The monoisotopic (exact) mass is 251 g/mol. The summed E-state index contributed by atoms with van der Waals surface area (Å²) in [5.74, 6) is 0.409. The molecule has 0 fully saturated rings. The van der Waals surface area contributed by atoms with Crippen LogP contribution in [-0.4, -0.2) is 17.6 Å².